The van der Waals surface area contributed by atoms with Gasteiger partial charge in [-0.2, -0.15) is 0 Å². The smallest absolute Gasteiger partial charge is 0.252 e. The van der Waals surface area contributed by atoms with Crippen LogP contribution in [-0.4, -0.2) is 65.1 Å². The van der Waals surface area contributed by atoms with E-state index in [-0.39, 0.29) is 29.9 Å². The molecule has 0 bridgehead atoms. The number of phenols is 1. The molecule has 9 heteroatoms. The lowest BCUT2D eigenvalue weighted by atomic mass is 9.81. The molecule has 7 nitrogen and oxygen atoms in total. The Morgan fingerprint density at radius 3 is 2.74 bits per heavy atom. The van der Waals surface area contributed by atoms with Crippen LogP contribution in [0.5, 0.6) is 5.75 Å². The number of ether oxygens (including phenoxy) is 1. The number of fused-ring (bicyclic) bond motifs is 1. The van der Waals surface area contributed by atoms with Crippen molar-refractivity contribution in [1.29, 1.82) is 0 Å². The first-order valence-corrected chi connectivity index (χ1v) is 10.6. The van der Waals surface area contributed by atoms with E-state index in [1.807, 2.05) is 6.92 Å². The molecular formula is C22H26F2N2O5. The highest BCUT2D eigenvalue weighted by Gasteiger charge is 2.54. The number of carbonyl (C=O) groups is 3. The maximum absolute atomic E-state index is 14.4. The molecule has 2 N–H and O–H groups in total. The lowest BCUT2D eigenvalue weighted by Gasteiger charge is -2.32. The van der Waals surface area contributed by atoms with Gasteiger partial charge in [0.1, 0.15) is 31.0 Å². The summed E-state index contributed by atoms with van der Waals surface area (Å²) in [6.07, 6.45) is 1.70. The third-order valence-corrected chi connectivity index (χ3v) is 6.73. The van der Waals surface area contributed by atoms with Gasteiger partial charge in [0.15, 0.2) is 17.3 Å². The van der Waals surface area contributed by atoms with Crippen LogP contribution in [0.25, 0.3) is 0 Å². The molecule has 3 fully saturated rings. The number of phenolic OH excluding ortho intramolecular Hbond substituents is 1. The van der Waals surface area contributed by atoms with Crippen LogP contribution in [0.2, 0.25) is 0 Å². The van der Waals surface area contributed by atoms with Crippen molar-refractivity contribution in [2.75, 3.05) is 13.2 Å². The summed E-state index contributed by atoms with van der Waals surface area (Å²) in [5.41, 5.74) is -0.231. The lowest BCUT2D eigenvalue weighted by molar-refractivity contribution is -0.138. The van der Waals surface area contributed by atoms with Crippen molar-refractivity contribution in [1.82, 2.24) is 10.2 Å². The quantitative estimate of drug-likeness (QED) is 0.737. The highest BCUT2D eigenvalue weighted by Crippen LogP contribution is 2.42. The van der Waals surface area contributed by atoms with Crippen LogP contribution in [0.4, 0.5) is 8.78 Å². The van der Waals surface area contributed by atoms with Crippen molar-refractivity contribution in [2.24, 2.45) is 5.41 Å². The van der Waals surface area contributed by atoms with Gasteiger partial charge in [0.25, 0.3) is 5.91 Å². The molecule has 2 aliphatic heterocycles. The summed E-state index contributed by atoms with van der Waals surface area (Å²) in [6.45, 7) is 1.54. The number of hydrogen-bond acceptors (Lipinski definition) is 5. The first-order chi connectivity index (χ1) is 14.7. The van der Waals surface area contributed by atoms with Gasteiger partial charge < -0.3 is 20.1 Å². The number of ketones is 1. The Hall–Kier alpha value is -2.55. The van der Waals surface area contributed by atoms with E-state index in [1.165, 1.54) is 11.0 Å². The number of alkyl halides is 1. The zero-order valence-corrected chi connectivity index (χ0v) is 17.3. The van der Waals surface area contributed by atoms with Crippen LogP contribution in [0.15, 0.2) is 18.2 Å². The van der Waals surface area contributed by atoms with E-state index in [2.05, 4.69) is 5.32 Å². The van der Waals surface area contributed by atoms with Crippen LogP contribution in [0.1, 0.15) is 49.4 Å². The van der Waals surface area contributed by atoms with Gasteiger partial charge >= 0.3 is 0 Å². The van der Waals surface area contributed by atoms with E-state index in [4.69, 9.17) is 4.74 Å². The maximum Gasteiger partial charge on any atom is 0.252 e. The molecule has 1 aromatic carbocycles. The summed E-state index contributed by atoms with van der Waals surface area (Å²) in [5, 5.41) is 12.0. The molecule has 2 heterocycles. The summed E-state index contributed by atoms with van der Waals surface area (Å²) in [5.74, 6) is -3.10. The average Bonchev–Trinajstić information content (AvgIpc) is 3.41. The second-order valence-corrected chi connectivity index (χ2v) is 9.11. The van der Waals surface area contributed by atoms with Crippen molar-refractivity contribution < 1.29 is 33.0 Å². The highest BCUT2D eigenvalue weighted by molar-refractivity contribution is 5.99. The van der Waals surface area contributed by atoms with Crippen molar-refractivity contribution >= 4 is 17.6 Å². The Morgan fingerprint density at radius 2 is 2.06 bits per heavy atom. The molecule has 3 aliphatic rings. The Kier molecular flexibility index (Phi) is 5.72. The molecule has 4 atom stereocenters. The van der Waals surface area contributed by atoms with Gasteiger partial charge in [0, 0.05) is 5.56 Å². The lowest BCUT2D eigenvalue weighted by Crippen LogP contribution is -2.53. The summed E-state index contributed by atoms with van der Waals surface area (Å²) in [7, 11) is 0. The van der Waals surface area contributed by atoms with E-state index in [0.29, 0.717) is 6.42 Å². The van der Waals surface area contributed by atoms with Gasteiger partial charge in [-0.15, -0.1) is 0 Å². The van der Waals surface area contributed by atoms with E-state index in [1.54, 1.807) is 0 Å². The van der Waals surface area contributed by atoms with Gasteiger partial charge in [-0.1, -0.05) is 19.8 Å². The second kappa shape index (κ2) is 8.18. The molecule has 0 unspecified atom stereocenters. The van der Waals surface area contributed by atoms with E-state index in [9.17, 15) is 28.3 Å². The summed E-state index contributed by atoms with van der Waals surface area (Å²) < 4.78 is 33.3. The third-order valence-electron chi connectivity index (χ3n) is 6.73. The Balaban J connectivity index is 1.58. The molecule has 2 saturated heterocycles. The fraction of sp³-hybridized carbons (Fsp3) is 0.591. The highest BCUT2D eigenvalue weighted by atomic mass is 19.1. The molecule has 1 aromatic rings. The topological polar surface area (TPSA) is 95.9 Å². The van der Waals surface area contributed by atoms with Gasteiger partial charge in [0.05, 0.1) is 6.54 Å². The van der Waals surface area contributed by atoms with E-state index >= 15 is 0 Å². The predicted molar refractivity (Wildman–Crippen MR) is 106 cm³/mol. The minimum atomic E-state index is -1.47. The number of nitrogens with one attached hydrogen (secondary N) is 1. The number of aromatic hydroxyl groups is 1. The summed E-state index contributed by atoms with van der Waals surface area (Å²) in [6, 6.07) is 1.23. The molecule has 0 aromatic heterocycles. The van der Waals surface area contributed by atoms with Crippen molar-refractivity contribution in [2.45, 2.75) is 63.4 Å². The SMILES string of the molecule is CC1(C[C@H](NC(=O)c2ccc(O)c(F)c2)C(=O)N2C[C@H](F)[C@H]3OCC(=O)[C@H]32)CCCC1. The van der Waals surface area contributed by atoms with Crippen LogP contribution in [0, 0.1) is 11.2 Å². The number of benzene rings is 1. The van der Waals surface area contributed by atoms with Crippen molar-refractivity contribution in [3.8, 4) is 5.75 Å². The summed E-state index contributed by atoms with van der Waals surface area (Å²) in [4.78, 5) is 39.6. The minimum absolute atomic E-state index is 0.0485. The first-order valence-electron chi connectivity index (χ1n) is 10.6. The largest absolute Gasteiger partial charge is 0.505 e. The van der Waals surface area contributed by atoms with Gasteiger partial charge in [0.2, 0.25) is 5.91 Å². The van der Waals surface area contributed by atoms with Crippen molar-refractivity contribution in [3.05, 3.63) is 29.6 Å². The maximum atomic E-state index is 14.4. The number of hydrogen-bond donors (Lipinski definition) is 2. The first kappa shape index (κ1) is 21.7. The average molecular weight is 436 g/mol. The molecule has 0 radical (unpaired) electrons. The standard InChI is InChI=1S/C22H26F2N2O5/c1-22(6-2-3-7-22)9-15(25-20(29)12-4-5-16(27)13(23)8-12)21(30)26-10-14(24)19-18(26)17(28)11-31-19/h4-5,8,14-15,18-19,27H,2-3,6-7,9-11H2,1H3,(H,25,29)/t14-,15-,18+,19+/m0/s1. The molecule has 1 saturated carbocycles. The van der Waals surface area contributed by atoms with Crippen LogP contribution >= 0.6 is 0 Å². The fourth-order valence-corrected chi connectivity index (χ4v) is 5.04. The number of rotatable bonds is 5. The Bertz CT molecular complexity index is 902. The molecule has 1 aliphatic carbocycles. The summed E-state index contributed by atoms with van der Waals surface area (Å²) >= 11 is 0. The number of halogens is 2. The Labute approximate surface area is 178 Å². The predicted octanol–water partition coefficient (Wildman–Crippen LogP) is 2.12. The number of likely N-dealkylation sites (tertiary alicyclic amines) is 1. The fourth-order valence-electron chi connectivity index (χ4n) is 5.04. The number of nitrogens with zero attached hydrogens (tertiary/aromatic N) is 1. The van der Waals surface area contributed by atoms with Gasteiger partial charge in [-0.05, 0) is 42.9 Å². The van der Waals surface area contributed by atoms with Gasteiger partial charge in [-0.3, -0.25) is 14.4 Å². The van der Waals surface area contributed by atoms with E-state index in [0.717, 1.165) is 37.8 Å². The normalized spacial score (nSPS) is 27.9. The third kappa shape index (κ3) is 4.15. The molecular weight excluding hydrogens is 410 g/mol. The van der Waals surface area contributed by atoms with Crippen LogP contribution < -0.4 is 5.32 Å². The minimum Gasteiger partial charge on any atom is -0.505 e. The van der Waals surface area contributed by atoms with E-state index < -0.39 is 47.7 Å². The number of carbonyl (C=O) groups excluding carboxylic acids is 3. The zero-order chi connectivity index (χ0) is 22.3. The van der Waals surface area contributed by atoms with Crippen molar-refractivity contribution in [3.63, 3.8) is 0 Å². The zero-order valence-electron chi connectivity index (χ0n) is 17.3. The molecule has 0 spiro atoms. The molecule has 2 amide bonds. The molecule has 31 heavy (non-hydrogen) atoms. The monoisotopic (exact) mass is 436 g/mol. The molecule has 4 rings (SSSR count). The molecule has 168 valence electrons. The number of amides is 2. The Morgan fingerprint density at radius 1 is 1.35 bits per heavy atom. The second-order valence-electron chi connectivity index (χ2n) is 9.11. The number of Topliss-reactive ketones (excluding diaryl/α,β-unsaturated/α-hetero) is 1. The van der Waals surface area contributed by atoms with Crippen LogP contribution in [-0.2, 0) is 14.3 Å². The van der Waals surface area contributed by atoms with Gasteiger partial charge in [-0.25, -0.2) is 8.78 Å². The van der Waals surface area contributed by atoms with Crippen LogP contribution in [0.3, 0.4) is 0 Å².